The minimum atomic E-state index is -0.300. The first-order valence-corrected chi connectivity index (χ1v) is 6.17. The average Bonchev–Trinajstić information content (AvgIpc) is 2.38. The lowest BCUT2D eigenvalue weighted by Crippen LogP contribution is -2.28. The van der Waals surface area contributed by atoms with Crippen LogP contribution in [0.4, 0.5) is 16.2 Å². The van der Waals surface area contributed by atoms with E-state index in [9.17, 15) is 4.79 Å². The summed E-state index contributed by atoms with van der Waals surface area (Å²) in [4.78, 5) is 11.7. The van der Waals surface area contributed by atoms with E-state index < -0.39 is 0 Å². The smallest absolute Gasteiger partial charge is 0.319 e. The normalized spacial score (nSPS) is 9.95. The van der Waals surface area contributed by atoms with Crippen LogP contribution >= 0.6 is 11.6 Å². The number of carbonyl (C=O) groups is 1. The Labute approximate surface area is 116 Å². The highest BCUT2D eigenvalue weighted by Crippen LogP contribution is 2.15. The van der Waals surface area contributed by atoms with Gasteiger partial charge in [-0.2, -0.15) is 0 Å². The highest BCUT2D eigenvalue weighted by molar-refractivity contribution is 6.31. The van der Waals surface area contributed by atoms with Crippen molar-refractivity contribution in [1.29, 1.82) is 0 Å². The Bertz CT molecular complexity index is 586. The number of anilines is 2. The molecule has 0 saturated carbocycles. The van der Waals surface area contributed by atoms with Gasteiger partial charge in [0.05, 0.1) is 0 Å². The van der Waals surface area contributed by atoms with E-state index in [0.717, 1.165) is 5.56 Å². The number of rotatable bonds is 3. The molecule has 0 saturated heterocycles. The molecular formula is C14H14ClN3O. The Morgan fingerprint density at radius 1 is 1.16 bits per heavy atom. The van der Waals surface area contributed by atoms with Crippen LogP contribution in [0.3, 0.4) is 0 Å². The summed E-state index contributed by atoms with van der Waals surface area (Å²) in [5, 5.41) is 6.06. The molecule has 0 unspecified atom stereocenters. The van der Waals surface area contributed by atoms with Gasteiger partial charge < -0.3 is 16.4 Å². The third kappa shape index (κ3) is 3.89. The molecule has 0 aliphatic carbocycles. The Hall–Kier alpha value is -2.20. The molecule has 2 amide bonds. The molecule has 5 heteroatoms. The first-order valence-electron chi connectivity index (χ1n) is 5.79. The maximum atomic E-state index is 11.7. The molecule has 0 radical (unpaired) electrons. The molecule has 2 aromatic rings. The fraction of sp³-hybridized carbons (Fsp3) is 0.0714. The van der Waals surface area contributed by atoms with Gasteiger partial charge in [-0.15, -0.1) is 0 Å². The predicted molar refractivity (Wildman–Crippen MR) is 78.2 cm³/mol. The number of benzene rings is 2. The van der Waals surface area contributed by atoms with Crippen LogP contribution in [-0.2, 0) is 6.54 Å². The number of amides is 2. The minimum Gasteiger partial charge on any atom is -0.399 e. The van der Waals surface area contributed by atoms with Crippen LogP contribution in [0.25, 0.3) is 0 Å². The summed E-state index contributed by atoms with van der Waals surface area (Å²) in [6.07, 6.45) is 0. The lowest BCUT2D eigenvalue weighted by Gasteiger charge is -2.09. The van der Waals surface area contributed by atoms with E-state index in [0.29, 0.717) is 22.9 Å². The number of nitrogens with two attached hydrogens (primary N) is 1. The molecule has 98 valence electrons. The van der Waals surface area contributed by atoms with Gasteiger partial charge in [-0.3, -0.25) is 0 Å². The summed E-state index contributed by atoms with van der Waals surface area (Å²) in [6, 6.07) is 14.1. The molecular weight excluding hydrogens is 262 g/mol. The Kier molecular flexibility index (Phi) is 4.26. The quantitative estimate of drug-likeness (QED) is 0.753. The molecule has 2 rings (SSSR count). The second-order valence-corrected chi connectivity index (χ2v) is 4.43. The van der Waals surface area contributed by atoms with Gasteiger partial charge in [-0.25, -0.2) is 4.79 Å². The Morgan fingerprint density at radius 3 is 2.68 bits per heavy atom. The number of nitrogen functional groups attached to an aromatic ring is 1. The molecule has 4 N–H and O–H groups in total. The Morgan fingerprint density at radius 2 is 1.95 bits per heavy atom. The largest absolute Gasteiger partial charge is 0.399 e. The fourth-order valence-electron chi connectivity index (χ4n) is 1.61. The molecule has 0 spiro atoms. The van der Waals surface area contributed by atoms with Gasteiger partial charge in [0.1, 0.15) is 0 Å². The summed E-state index contributed by atoms with van der Waals surface area (Å²) >= 11 is 6.00. The number of hydrogen-bond donors (Lipinski definition) is 3. The van der Waals surface area contributed by atoms with Crippen LogP contribution in [0, 0.1) is 0 Å². The number of carbonyl (C=O) groups excluding carboxylic acids is 1. The lowest BCUT2D eigenvalue weighted by atomic mass is 10.2. The number of hydrogen-bond acceptors (Lipinski definition) is 2. The van der Waals surface area contributed by atoms with Crippen LogP contribution in [0.5, 0.6) is 0 Å². The zero-order valence-corrected chi connectivity index (χ0v) is 10.9. The molecule has 19 heavy (non-hydrogen) atoms. The van der Waals surface area contributed by atoms with E-state index in [4.69, 9.17) is 17.3 Å². The Balaban J connectivity index is 1.90. The van der Waals surface area contributed by atoms with Crippen LogP contribution in [0.1, 0.15) is 5.56 Å². The third-order valence-electron chi connectivity index (χ3n) is 2.54. The molecule has 2 aromatic carbocycles. The zero-order valence-electron chi connectivity index (χ0n) is 10.2. The van der Waals surface area contributed by atoms with Crippen LogP contribution in [0.15, 0.2) is 48.5 Å². The van der Waals surface area contributed by atoms with Crippen molar-refractivity contribution >= 4 is 29.0 Å². The summed E-state index contributed by atoms with van der Waals surface area (Å²) in [7, 11) is 0. The van der Waals surface area contributed by atoms with Crippen molar-refractivity contribution in [2.45, 2.75) is 6.54 Å². The third-order valence-corrected chi connectivity index (χ3v) is 2.91. The molecule has 0 heterocycles. The second-order valence-electron chi connectivity index (χ2n) is 4.02. The van der Waals surface area contributed by atoms with E-state index in [2.05, 4.69) is 10.6 Å². The van der Waals surface area contributed by atoms with Crippen molar-refractivity contribution in [2.24, 2.45) is 0 Å². The molecule has 4 nitrogen and oxygen atoms in total. The predicted octanol–water partition coefficient (Wildman–Crippen LogP) is 3.24. The molecule has 0 aliphatic heterocycles. The fourth-order valence-corrected chi connectivity index (χ4v) is 1.81. The van der Waals surface area contributed by atoms with Crippen molar-refractivity contribution in [3.05, 3.63) is 59.1 Å². The lowest BCUT2D eigenvalue weighted by molar-refractivity contribution is 0.252. The van der Waals surface area contributed by atoms with Crippen molar-refractivity contribution < 1.29 is 4.79 Å². The maximum Gasteiger partial charge on any atom is 0.319 e. The monoisotopic (exact) mass is 275 g/mol. The summed E-state index contributed by atoms with van der Waals surface area (Å²) in [6.45, 7) is 0.369. The van der Waals surface area contributed by atoms with E-state index in [-0.39, 0.29) is 6.03 Å². The van der Waals surface area contributed by atoms with Gasteiger partial charge in [-0.1, -0.05) is 35.9 Å². The van der Waals surface area contributed by atoms with Gasteiger partial charge >= 0.3 is 6.03 Å². The average molecular weight is 276 g/mol. The number of halogens is 1. The molecule has 0 fully saturated rings. The van der Waals surface area contributed by atoms with Crippen molar-refractivity contribution in [2.75, 3.05) is 11.1 Å². The van der Waals surface area contributed by atoms with Gasteiger partial charge in [-0.05, 0) is 29.8 Å². The summed E-state index contributed by atoms with van der Waals surface area (Å²) in [5.41, 5.74) is 7.75. The first-order chi connectivity index (χ1) is 9.15. The maximum absolute atomic E-state index is 11.7. The van der Waals surface area contributed by atoms with Gasteiger partial charge in [0.2, 0.25) is 0 Å². The van der Waals surface area contributed by atoms with Gasteiger partial charge in [0.25, 0.3) is 0 Å². The van der Waals surface area contributed by atoms with Gasteiger partial charge in [0, 0.05) is 22.9 Å². The van der Waals surface area contributed by atoms with Crippen LogP contribution < -0.4 is 16.4 Å². The van der Waals surface area contributed by atoms with E-state index in [1.165, 1.54) is 0 Å². The summed E-state index contributed by atoms with van der Waals surface area (Å²) in [5.74, 6) is 0. The van der Waals surface area contributed by atoms with E-state index >= 15 is 0 Å². The van der Waals surface area contributed by atoms with Crippen LogP contribution in [0.2, 0.25) is 5.02 Å². The highest BCUT2D eigenvalue weighted by atomic mass is 35.5. The zero-order chi connectivity index (χ0) is 13.7. The molecule has 0 bridgehead atoms. The van der Waals surface area contributed by atoms with E-state index in [1.807, 2.05) is 18.2 Å². The van der Waals surface area contributed by atoms with Crippen molar-refractivity contribution in [1.82, 2.24) is 5.32 Å². The van der Waals surface area contributed by atoms with Crippen molar-refractivity contribution in [3.63, 3.8) is 0 Å². The highest BCUT2D eigenvalue weighted by Gasteiger charge is 2.03. The SMILES string of the molecule is Nc1cccc(NC(=O)NCc2ccccc2Cl)c1. The molecule has 0 atom stereocenters. The first kappa shape index (κ1) is 13.2. The number of urea groups is 1. The van der Waals surface area contributed by atoms with Gasteiger partial charge in [0.15, 0.2) is 0 Å². The standard InChI is InChI=1S/C14H14ClN3O/c15-13-7-2-1-4-10(13)9-17-14(19)18-12-6-3-5-11(16)8-12/h1-8H,9,16H2,(H2,17,18,19). The van der Waals surface area contributed by atoms with E-state index in [1.54, 1.807) is 30.3 Å². The topological polar surface area (TPSA) is 67.1 Å². The molecule has 0 aromatic heterocycles. The second kappa shape index (κ2) is 6.11. The number of nitrogens with one attached hydrogen (secondary N) is 2. The minimum absolute atomic E-state index is 0.300. The van der Waals surface area contributed by atoms with Crippen molar-refractivity contribution in [3.8, 4) is 0 Å². The van der Waals surface area contributed by atoms with Crippen LogP contribution in [-0.4, -0.2) is 6.03 Å². The molecule has 0 aliphatic rings. The summed E-state index contributed by atoms with van der Waals surface area (Å²) < 4.78 is 0.